The van der Waals surface area contributed by atoms with Gasteiger partial charge in [0.15, 0.2) is 0 Å². The molecule has 0 aliphatic carbocycles. The molecule has 0 saturated heterocycles. The number of nitrogens with zero attached hydrogens (tertiary/aromatic N) is 1. The van der Waals surface area contributed by atoms with Crippen molar-refractivity contribution in [2.75, 3.05) is 13.1 Å². The van der Waals surface area contributed by atoms with Crippen LogP contribution in [0.25, 0.3) is 0 Å². The molecule has 0 aromatic heterocycles. The van der Waals surface area contributed by atoms with E-state index in [2.05, 4.69) is 10.4 Å². The first-order chi connectivity index (χ1) is 8.31. The van der Waals surface area contributed by atoms with Crippen LogP contribution in [-0.2, 0) is 6.54 Å². The predicted octanol–water partition coefficient (Wildman–Crippen LogP) is 0.977. The second kappa shape index (κ2) is 7.67. The van der Waals surface area contributed by atoms with Crippen LogP contribution in [0.4, 0.5) is 0 Å². The maximum atomic E-state index is 7.16. The normalized spacial score (nSPS) is 13.4. The SMILES string of the molecule is N=NC(NCc1ccccc1)/C(=C/CN)CN. The van der Waals surface area contributed by atoms with Crippen LogP contribution >= 0.6 is 0 Å². The second-order valence-corrected chi connectivity index (χ2v) is 3.62. The van der Waals surface area contributed by atoms with Crippen molar-refractivity contribution in [2.24, 2.45) is 16.6 Å². The molecular formula is C12H19N5. The van der Waals surface area contributed by atoms with E-state index in [0.717, 1.165) is 11.1 Å². The molecule has 1 aromatic carbocycles. The number of nitrogens with two attached hydrogens (primary N) is 2. The summed E-state index contributed by atoms with van der Waals surface area (Å²) in [6.45, 7) is 1.41. The maximum Gasteiger partial charge on any atom is 0.143 e. The third kappa shape index (κ3) is 4.44. The second-order valence-electron chi connectivity index (χ2n) is 3.62. The van der Waals surface area contributed by atoms with Crippen LogP contribution in [0.2, 0.25) is 0 Å². The summed E-state index contributed by atoms with van der Waals surface area (Å²) in [5.74, 6) is 0. The van der Waals surface area contributed by atoms with E-state index in [0.29, 0.717) is 19.6 Å². The Kier molecular flexibility index (Phi) is 6.09. The van der Waals surface area contributed by atoms with Gasteiger partial charge in [-0.3, -0.25) is 5.32 Å². The van der Waals surface area contributed by atoms with Crippen molar-refractivity contribution in [3.8, 4) is 0 Å². The summed E-state index contributed by atoms with van der Waals surface area (Å²) < 4.78 is 0. The van der Waals surface area contributed by atoms with Crippen molar-refractivity contribution >= 4 is 0 Å². The summed E-state index contributed by atoms with van der Waals surface area (Å²) in [7, 11) is 0. The molecule has 0 bridgehead atoms. The lowest BCUT2D eigenvalue weighted by atomic mass is 10.1. The number of benzene rings is 1. The summed E-state index contributed by atoms with van der Waals surface area (Å²) in [6, 6.07) is 9.95. The van der Waals surface area contributed by atoms with Gasteiger partial charge in [0.05, 0.1) is 0 Å². The average molecular weight is 233 g/mol. The molecule has 5 nitrogen and oxygen atoms in total. The van der Waals surface area contributed by atoms with Gasteiger partial charge in [-0.2, -0.15) is 5.11 Å². The Morgan fingerprint density at radius 2 is 2.06 bits per heavy atom. The van der Waals surface area contributed by atoms with Crippen molar-refractivity contribution in [3.05, 3.63) is 47.5 Å². The van der Waals surface area contributed by atoms with E-state index in [1.54, 1.807) is 6.08 Å². The Balaban J connectivity index is 2.58. The smallest absolute Gasteiger partial charge is 0.143 e. The minimum absolute atomic E-state index is 0.353. The van der Waals surface area contributed by atoms with Crippen molar-refractivity contribution in [3.63, 3.8) is 0 Å². The highest BCUT2D eigenvalue weighted by Gasteiger charge is 2.10. The van der Waals surface area contributed by atoms with Crippen molar-refractivity contribution in [1.82, 2.24) is 5.32 Å². The molecule has 0 saturated carbocycles. The van der Waals surface area contributed by atoms with Crippen LogP contribution in [0.1, 0.15) is 5.56 Å². The number of hydrogen-bond donors (Lipinski definition) is 4. The Hall–Kier alpha value is -1.56. The minimum Gasteiger partial charge on any atom is -0.327 e. The van der Waals surface area contributed by atoms with E-state index < -0.39 is 0 Å². The number of hydrogen-bond acceptors (Lipinski definition) is 5. The van der Waals surface area contributed by atoms with Crippen LogP contribution in [-0.4, -0.2) is 19.3 Å². The molecule has 5 heteroatoms. The molecule has 0 aliphatic rings. The lowest BCUT2D eigenvalue weighted by Gasteiger charge is -2.15. The van der Waals surface area contributed by atoms with E-state index in [-0.39, 0.29) is 6.17 Å². The Bertz CT molecular complexity index is 360. The molecule has 0 fully saturated rings. The highest BCUT2D eigenvalue weighted by Crippen LogP contribution is 2.04. The molecule has 1 atom stereocenters. The van der Waals surface area contributed by atoms with Gasteiger partial charge in [-0.1, -0.05) is 36.4 Å². The zero-order chi connectivity index (χ0) is 12.5. The van der Waals surface area contributed by atoms with Gasteiger partial charge in [0.25, 0.3) is 0 Å². The lowest BCUT2D eigenvalue weighted by molar-refractivity contribution is 0.550. The molecule has 0 aliphatic heterocycles. The zero-order valence-electron chi connectivity index (χ0n) is 9.76. The highest BCUT2D eigenvalue weighted by atomic mass is 15.1. The Morgan fingerprint density at radius 1 is 1.35 bits per heavy atom. The largest absolute Gasteiger partial charge is 0.327 e. The van der Waals surface area contributed by atoms with Gasteiger partial charge >= 0.3 is 0 Å². The molecule has 0 amide bonds. The minimum atomic E-state index is -0.385. The van der Waals surface area contributed by atoms with E-state index in [9.17, 15) is 0 Å². The van der Waals surface area contributed by atoms with E-state index >= 15 is 0 Å². The Labute approximate surface area is 101 Å². The maximum absolute atomic E-state index is 7.16. The fraction of sp³-hybridized carbons (Fsp3) is 0.333. The van der Waals surface area contributed by atoms with Crippen LogP contribution in [0.5, 0.6) is 0 Å². The molecule has 17 heavy (non-hydrogen) atoms. The van der Waals surface area contributed by atoms with Crippen LogP contribution < -0.4 is 16.8 Å². The van der Waals surface area contributed by atoms with Gasteiger partial charge in [0.1, 0.15) is 6.17 Å². The molecular weight excluding hydrogens is 214 g/mol. The van der Waals surface area contributed by atoms with Crippen LogP contribution in [0.3, 0.4) is 0 Å². The summed E-state index contributed by atoms with van der Waals surface area (Å²) in [5.41, 5.74) is 20.2. The van der Waals surface area contributed by atoms with Gasteiger partial charge in [-0.25, -0.2) is 5.53 Å². The lowest BCUT2D eigenvalue weighted by Crippen LogP contribution is -2.31. The topological polar surface area (TPSA) is 100 Å². The molecule has 1 rings (SSSR count). The molecule has 0 spiro atoms. The van der Waals surface area contributed by atoms with Crippen molar-refractivity contribution in [1.29, 1.82) is 5.53 Å². The first-order valence-corrected chi connectivity index (χ1v) is 5.54. The molecule has 1 unspecified atom stereocenters. The number of nitrogens with one attached hydrogen (secondary N) is 2. The quantitative estimate of drug-likeness (QED) is 0.417. The number of rotatable bonds is 7. The summed E-state index contributed by atoms with van der Waals surface area (Å²) >= 11 is 0. The zero-order valence-corrected chi connectivity index (χ0v) is 9.76. The van der Waals surface area contributed by atoms with Gasteiger partial charge in [-0.05, 0) is 11.1 Å². The molecule has 6 N–H and O–H groups in total. The third-order valence-corrected chi connectivity index (χ3v) is 2.44. The monoisotopic (exact) mass is 233 g/mol. The predicted molar refractivity (Wildman–Crippen MR) is 68.4 cm³/mol. The molecule has 0 radical (unpaired) electrons. The summed E-state index contributed by atoms with van der Waals surface area (Å²) in [6.07, 6.45) is 1.42. The van der Waals surface area contributed by atoms with E-state index in [4.69, 9.17) is 17.0 Å². The van der Waals surface area contributed by atoms with Gasteiger partial charge in [0.2, 0.25) is 0 Å². The Morgan fingerprint density at radius 3 is 2.59 bits per heavy atom. The van der Waals surface area contributed by atoms with Gasteiger partial charge in [0, 0.05) is 19.6 Å². The van der Waals surface area contributed by atoms with Crippen molar-refractivity contribution < 1.29 is 0 Å². The molecule has 1 aromatic rings. The third-order valence-electron chi connectivity index (χ3n) is 2.44. The first kappa shape index (κ1) is 13.5. The van der Waals surface area contributed by atoms with E-state index in [1.807, 2.05) is 30.3 Å². The molecule has 0 heterocycles. The van der Waals surface area contributed by atoms with E-state index in [1.165, 1.54) is 0 Å². The summed E-state index contributed by atoms with van der Waals surface area (Å²) in [4.78, 5) is 0. The standard InChI is InChI=1S/C12H19N5/c13-7-6-11(8-14)12(17-15)16-9-10-4-2-1-3-5-10/h1-6,12,15-16H,7-9,13-14H2/b11-6+,17-15?. The first-order valence-electron chi connectivity index (χ1n) is 5.54. The van der Waals surface area contributed by atoms with Gasteiger partial charge in [-0.15, -0.1) is 0 Å². The molecule has 92 valence electrons. The van der Waals surface area contributed by atoms with Gasteiger partial charge < -0.3 is 11.5 Å². The fourth-order valence-electron chi connectivity index (χ4n) is 1.53. The van der Waals surface area contributed by atoms with Crippen LogP contribution in [0.15, 0.2) is 47.1 Å². The fourth-order valence-corrected chi connectivity index (χ4v) is 1.53. The summed E-state index contributed by atoms with van der Waals surface area (Å²) in [5, 5.41) is 6.69. The van der Waals surface area contributed by atoms with Crippen LogP contribution in [0, 0.1) is 5.53 Å². The van der Waals surface area contributed by atoms with Crippen molar-refractivity contribution in [2.45, 2.75) is 12.7 Å². The highest BCUT2D eigenvalue weighted by molar-refractivity contribution is 5.16. The average Bonchev–Trinajstić information content (AvgIpc) is 2.39.